The second kappa shape index (κ2) is 3.90. The molecule has 0 aliphatic rings. The first-order valence-electron chi connectivity index (χ1n) is 4.07. The number of rotatable bonds is 2. The monoisotopic (exact) mass is 175 g/mol. The van der Waals surface area contributed by atoms with Crippen LogP contribution in [0.2, 0.25) is 0 Å². The van der Waals surface area contributed by atoms with E-state index in [1.807, 2.05) is 6.07 Å². The first kappa shape index (κ1) is 9.52. The number of benzene rings is 1. The minimum absolute atomic E-state index is 0.278. The summed E-state index contributed by atoms with van der Waals surface area (Å²) in [6.45, 7) is 3.52. The Bertz CT molecular complexity index is 332. The molecule has 2 heteroatoms. The lowest BCUT2D eigenvalue weighted by Gasteiger charge is -2.10. The van der Waals surface area contributed by atoms with E-state index in [0.29, 0.717) is 5.56 Å². The van der Waals surface area contributed by atoms with E-state index >= 15 is 0 Å². The van der Waals surface area contributed by atoms with Gasteiger partial charge in [0.1, 0.15) is 0 Å². The summed E-state index contributed by atoms with van der Waals surface area (Å²) in [5, 5.41) is 10.8. The number of aliphatic carboxylic acids is 1. The van der Waals surface area contributed by atoms with E-state index in [4.69, 9.17) is 0 Å². The predicted molar refractivity (Wildman–Crippen MR) is 49.7 cm³/mol. The Labute approximate surface area is 77.5 Å². The van der Waals surface area contributed by atoms with E-state index < -0.39 is 5.97 Å². The normalized spacial score (nSPS) is 9.38. The van der Waals surface area contributed by atoms with Crippen LogP contribution in [-0.4, -0.2) is 5.97 Å². The lowest BCUT2D eigenvalue weighted by Crippen LogP contribution is -2.24. The van der Waals surface area contributed by atoms with Crippen molar-refractivity contribution < 1.29 is 9.90 Å². The van der Waals surface area contributed by atoms with Crippen molar-refractivity contribution in [2.75, 3.05) is 0 Å². The van der Waals surface area contributed by atoms with E-state index in [-0.39, 0.29) is 5.57 Å². The predicted octanol–water partition coefficient (Wildman–Crippen LogP) is 1.23. The fourth-order valence-electron chi connectivity index (χ4n) is 1.22. The van der Waals surface area contributed by atoms with Gasteiger partial charge in [-0.05, 0) is 19.4 Å². The Kier molecular flexibility index (Phi) is 2.85. The van der Waals surface area contributed by atoms with E-state index in [0.717, 1.165) is 5.57 Å². The van der Waals surface area contributed by atoms with Crippen LogP contribution >= 0.6 is 0 Å². The van der Waals surface area contributed by atoms with Gasteiger partial charge in [-0.2, -0.15) is 0 Å². The second-order valence-electron chi connectivity index (χ2n) is 3.03. The maximum atomic E-state index is 10.8. The molecule has 1 rings (SSSR count). The highest BCUT2D eigenvalue weighted by atomic mass is 16.4. The minimum Gasteiger partial charge on any atom is -0.545 e. The summed E-state index contributed by atoms with van der Waals surface area (Å²) in [6.07, 6.45) is 0. The van der Waals surface area contributed by atoms with E-state index in [1.165, 1.54) is 0 Å². The molecule has 0 aromatic heterocycles. The molecular weight excluding hydrogens is 164 g/mol. The van der Waals surface area contributed by atoms with Crippen LogP contribution in [0.15, 0.2) is 35.9 Å². The van der Waals surface area contributed by atoms with Crippen molar-refractivity contribution in [2.24, 2.45) is 0 Å². The zero-order valence-corrected chi connectivity index (χ0v) is 7.70. The summed E-state index contributed by atoms with van der Waals surface area (Å²) in [7, 11) is 0. The second-order valence-corrected chi connectivity index (χ2v) is 3.03. The Morgan fingerprint density at radius 2 is 1.69 bits per heavy atom. The molecule has 0 amide bonds. The van der Waals surface area contributed by atoms with Gasteiger partial charge in [0.15, 0.2) is 0 Å². The number of carbonyl (C=O) groups is 1. The molecule has 68 valence electrons. The van der Waals surface area contributed by atoms with Crippen LogP contribution < -0.4 is 5.11 Å². The first-order valence-corrected chi connectivity index (χ1v) is 4.07. The number of allylic oxidation sites excluding steroid dienone is 1. The smallest absolute Gasteiger partial charge is 0.0720 e. The zero-order chi connectivity index (χ0) is 9.84. The van der Waals surface area contributed by atoms with E-state index in [9.17, 15) is 9.90 Å². The summed E-state index contributed by atoms with van der Waals surface area (Å²) in [4.78, 5) is 10.8. The summed E-state index contributed by atoms with van der Waals surface area (Å²) in [5.41, 5.74) is 1.73. The molecule has 0 bridgehead atoms. The maximum absolute atomic E-state index is 10.8. The van der Waals surface area contributed by atoms with Crippen LogP contribution in [0.4, 0.5) is 0 Å². The van der Waals surface area contributed by atoms with Crippen molar-refractivity contribution >= 4 is 11.5 Å². The van der Waals surface area contributed by atoms with Gasteiger partial charge in [-0.1, -0.05) is 35.9 Å². The molecule has 1 aromatic carbocycles. The minimum atomic E-state index is -1.12. The van der Waals surface area contributed by atoms with E-state index in [2.05, 4.69) is 0 Å². The van der Waals surface area contributed by atoms with Gasteiger partial charge in [0, 0.05) is 5.57 Å². The fourth-order valence-corrected chi connectivity index (χ4v) is 1.22. The molecule has 0 radical (unpaired) electrons. The fraction of sp³-hybridized carbons (Fsp3) is 0.182. The van der Waals surface area contributed by atoms with Crippen molar-refractivity contribution in [3.05, 3.63) is 41.5 Å². The molecule has 0 spiro atoms. The number of carboxylic acids is 1. The number of hydrogen-bond acceptors (Lipinski definition) is 2. The third-order valence-electron chi connectivity index (χ3n) is 1.77. The Morgan fingerprint density at radius 3 is 2.08 bits per heavy atom. The average molecular weight is 175 g/mol. The maximum Gasteiger partial charge on any atom is 0.0720 e. The summed E-state index contributed by atoms with van der Waals surface area (Å²) in [6, 6.07) is 8.99. The lowest BCUT2D eigenvalue weighted by molar-refractivity contribution is -0.295. The molecule has 0 unspecified atom stereocenters. The number of carbonyl (C=O) groups excluding carboxylic acids is 1. The van der Waals surface area contributed by atoms with Gasteiger partial charge in [0.25, 0.3) is 0 Å². The van der Waals surface area contributed by atoms with Crippen LogP contribution in [-0.2, 0) is 4.79 Å². The molecule has 0 N–H and O–H groups in total. The summed E-state index contributed by atoms with van der Waals surface area (Å²) in [5.74, 6) is -1.12. The highest BCUT2D eigenvalue weighted by Gasteiger charge is 2.02. The van der Waals surface area contributed by atoms with Gasteiger partial charge in [0.2, 0.25) is 0 Å². The quantitative estimate of drug-likeness (QED) is 0.634. The molecule has 0 aliphatic carbocycles. The van der Waals surface area contributed by atoms with E-state index in [1.54, 1.807) is 38.1 Å². The third kappa shape index (κ3) is 2.18. The molecule has 2 nitrogen and oxygen atoms in total. The Balaban J connectivity index is 3.20. The van der Waals surface area contributed by atoms with Gasteiger partial charge in [-0.25, -0.2) is 0 Å². The number of carboxylic acid groups (broad SMARTS) is 1. The topological polar surface area (TPSA) is 40.1 Å². The molecular formula is C11H11O2-. The van der Waals surface area contributed by atoms with Gasteiger partial charge in [-0.3, -0.25) is 0 Å². The van der Waals surface area contributed by atoms with Gasteiger partial charge in [-0.15, -0.1) is 0 Å². The van der Waals surface area contributed by atoms with Crippen LogP contribution in [0.3, 0.4) is 0 Å². The van der Waals surface area contributed by atoms with Crippen molar-refractivity contribution in [1.82, 2.24) is 0 Å². The lowest BCUT2D eigenvalue weighted by atomic mass is 10.0. The van der Waals surface area contributed by atoms with Crippen molar-refractivity contribution in [1.29, 1.82) is 0 Å². The molecule has 1 aromatic rings. The van der Waals surface area contributed by atoms with Crippen LogP contribution in [0.1, 0.15) is 19.4 Å². The van der Waals surface area contributed by atoms with Crippen LogP contribution in [0.5, 0.6) is 0 Å². The number of hydrogen-bond donors (Lipinski definition) is 0. The molecule has 0 aliphatic heterocycles. The van der Waals surface area contributed by atoms with Crippen molar-refractivity contribution in [3.63, 3.8) is 0 Å². The van der Waals surface area contributed by atoms with Crippen molar-refractivity contribution in [2.45, 2.75) is 13.8 Å². The molecule has 0 fully saturated rings. The highest BCUT2D eigenvalue weighted by Crippen LogP contribution is 2.16. The zero-order valence-electron chi connectivity index (χ0n) is 7.70. The average Bonchev–Trinajstić information content (AvgIpc) is 2.04. The first-order chi connectivity index (χ1) is 6.13. The standard InChI is InChI=1S/C11H12O2/c1-8(2)10(11(12)13)9-6-4-3-5-7-9/h3-7H,1-2H3,(H,12,13)/p-1. The summed E-state index contributed by atoms with van der Waals surface area (Å²) < 4.78 is 0. The van der Waals surface area contributed by atoms with Gasteiger partial charge < -0.3 is 9.90 Å². The van der Waals surface area contributed by atoms with Crippen molar-refractivity contribution in [3.8, 4) is 0 Å². The Morgan fingerprint density at radius 1 is 1.15 bits per heavy atom. The Hall–Kier alpha value is -1.57. The summed E-state index contributed by atoms with van der Waals surface area (Å²) >= 11 is 0. The molecule has 13 heavy (non-hydrogen) atoms. The largest absolute Gasteiger partial charge is 0.545 e. The molecule has 0 atom stereocenters. The highest BCUT2D eigenvalue weighted by molar-refractivity contribution is 6.15. The third-order valence-corrected chi connectivity index (χ3v) is 1.77. The molecule has 0 heterocycles. The molecule has 0 saturated heterocycles. The SMILES string of the molecule is CC(C)=C(C(=O)[O-])c1ccccc1. The van der Waals surface area contributed by atoms with Gasteiger partial charge in [0.05, 0.1) is 5.97 Å². The van der Waals surface area contributed by atoms with Crippen LogP contribution in [0, 0.1) is 0 Å². The van der Waals surface area contributed by atoms with Crippen LogP contribution in [0.25, 0.3) is 5.57 Å². The van der Waals surface area contributed by atoms with Gasteiger partial charge >= 0.3 is 0 Å². The molecule has 0 saturated carbocycles.